The topological polar surface area (TPSA) is 38.0 Å². The summed E-state index contributed by atoms with van der Waals surface area (Å²) in [5, 5.41) is 2.72. The first-order valence-electron chi connectivity index (χ1n) is 9.58. The number of rotatable bonds is 6. The summed E-state index contributed by atoms with van der Waals surface area (Å²) in [5.41, 5.74) is 1.48. The van der Waals surface area contributed by atoms with Gasteiger partial charge in [-0.1, -0.05) is 48.5 Å². The van der Waals surface area contributed by atoms with Crippen molar-refractivity contribution in [2.45, 2.75) is 13.0 Å². The summed E-state index contributed by atoms with van der Waals surface area (Å²) < 4.78 is 13.7. The molecule has 3 N–H and O–H groups in total. The highest BCUT2D eigenvalue weighted by atomic mass is 19.1. The number of halogens is 1. The van der Waals surface area contributed by atoms with E-state index in [0.717, 1.165) is 32.7 Å². The van der Waals surface area contributed by atoms with Crippen LogP contribution in [0.2, 0.25) is 0 Å². The minimum Gasteiger partial charge on any atom is -0.322 e. The minimum atomic E-state index is -0.396. The van der Waals surface area contributed by atoms with Crippen molar-refractivity contribution in [1.29, 1.82) is 0 Å². The maximum atomic E-state index is 13.7. The lowest BCUT2D eigenvalue weighted by Crippen LogP contribution is -3.29. The van der Waals surface area contributed by atoms with Crippen molar-refractivity contribution in [3.05, 3.63) is 72.1 Å². The Labute approximate surface area is 160 Å². The first kappa shape index (κ1) is 19.3. The van der Waals surface area contributed by atoms with E-state index in [0.29, 0.717) is 0 Å². The largest absolute Gasteiger partial charge is 0.322 e. The number of nitrogens with one attached hydrogen (secondary N) is 3. The molecule has 1 aliphatic rings. The van der Waals surface area contributed by atoms with Crippen molar-refractivity contribution in [2.24, 2.45) is 0 Å². The van der Waals surface area contributed by atoms with Crippen LogP contribution in [-0.2, 0) is 4.79 Å². The molecule has 1 aliphatic heterocycles. The van der Waals surface area contributed by atoms with Crippen LogP contribution in [0.25, 0.3) is 6.08 Å². The van der Waals surface area contributed by atoms with Crippen LogP contribution >= 0.6 is 0 Å². The summed E-state index contributed by atoms with van der Waals surface area (Å²) in [6.45, 7) is 6.88. The molecule has 142 valence electrons. The second-order valence-electron chi connectivity index (χ2n) is 7.12. The maximum absolute atomic E-state index is 13.7. The van der Waals surface area contributed by atoms with Crippen molar-refractivity contribution >= 4 is 17.7 Å². The average Bonchev–Trinajstić information content (AvgIpc) is 2.70. The molecule has 0 saturated carbocycles. The zero-order valence-electron chi connectivity index (χ0n) is 15.7. The lowest BCUT2D eigenvalue weighted by atomic mass is 10.2. The standard InChI is InChI=1S/C22H26FN3O/c1-18(22(27)24-21-12-6-5-11-20(21)23)26-16-14-25(15-17-26)13-7-10-19-8-3-2-4-9-19/h2-12,18H,13-17H2,1H3,(H,24,27)/p+2/b10-7+/t18-/m0/s1. The number of benzene rings is 2. The molecule has 1 amide bonds. The Morgan fingerprint density at radius 1 is 1.07 bits per heavy atom. The highest BCUT2D eigenvalue weighted by Crippen LogP contribution is 2.12. The van der Waals surface area contributed by atoms with Crippen LogP contribution in [-0.4, -0.2) is 44.7 Å². The third-order valence-corrected chi connectivity index (χ3v) is 5.25. The van der Waals surface area contributed by atoms with Crippen LogP contribution in [0.4, 0.5) is 10.1 Å². The van der Waals surface area contributed by atoms with Gasteiger partial charge in [-0.15, -0.1) is 0 Å². The quantitative estimate of drug-likeness (QED) is 0.687. The van der Waals surface area contributed by atoms with Gasteiger partial charge in [0.25, 0.3) is 5.91 Å². The Morgan fingerprint density at radius 3 is 2.44 bits per heavy atom. The summed E-state index contributed by atoms with van der Waals surface area (Å²) >= 11 is 0. The summed E-state index contributed by atoms with van der Waals surface area (Å²) in [6, 6.07) is 16.4. The highest BCUT2D eigenvalue weighted by molar-refractivity contribution is 5.93. The summed E-state index contributed by atoms with van der Waals surface area (Å²) in [4.78, 5) is 15.3. The fraction of sp³-hybridized carbons (Fsp3) is 0.318. The second-order valence-corrected chi connectivity index (χ2v) is 7.12. The predicted octanol–water partition coefficient (Wildman–Crippen LogP) is 0.650. The third-order valence-electron chi connectivity index (χ3n) is 5.25. The second kappa shape index (κ2) is 9.44. The SMILES string of the molecule is C[C@@H](C(=O)Nc1ccccc1F)[NH+]1CC[NH+](C/C=C/c2ccccc2)CC1. The molecule has 2 aromatic carbocycles. The molecule has 0 bridgehead atoms. The molecule has 0 radical (unpaired) electrons. The predicted molar refractivity (Wildman–Crippen MR) is 106 cm³/mol. The van der Waals surface area contributed by atoms with E-state index < -0.39 is 5.82 Å². The van der Waals surface area contributed by atoms with Gasteiger partial charge in [-0.05, 0) is 30.7 Å². The fourth-order valence-electron chi connectivity index (χ4n) is 3.48. The van der Waals surface area contributed by atoms with Gasteiger partial charge < -0.3 is 15.1 Å². The Hall–Kier alpha value is -2.50. The van der Waals surface area contributed by atoms with Crippen LogP contribution in [0.5, 0.6) is 0 Å². The molecule has 2 aromatic rings. The van der Waals surface area contributed by atoms with E-state index in [2.05, 4.69) is 29.6 Å². The van der Waals surface area contributed by atoms with Gasteiger partial charge in [0.1, 0.15) is 32.0 Å². The number of carbonyl (C=O) groups is 1. The molecule has 0 spiro atoms. The number of anilines is 1. The van der Waals surface area contributed by atoms with Crippen molar-refractivity contribution in [1.82, 2.24) is 0 Å². The summed E-state index contributed by atoms with van der Waals surface area (Å²) in [5.74, 6) is -0.518. The van der Waals surface area contributed by atoms with Crippen molar-refractivity contribution in [3.63, 3.8) is 0 Å². The number of amides is 1. The normalized spacial score (nSPS) is 21.1. The third kappa shape index (κ3) is 5.49. The molecule has 1 atom stereocenters. The molecular weight excluding hydrogens is 341 g/mol. The lowest BCUT2D eigenvalue weighted by Gasteiger charge is -2.32. The van der Waals surface area contributed by atoms with E-state index in [1.807, 2.05) is 25.1 Å². The Morgan fingerprint density at radius 2 is 1.74 bits per heavy atom. The van der Waals surface area contributed by atoms with E-state index in [-0.39, 0.29) is 17.6 Å². The van der Waals surface area contributed by atoms with Gasteiger partial charge in [-0.25, -0.2) is 4.39 Å². The molecule has 1 heterocycles. The molecule has 0 unspecified atom stereocenters. The van der Waals surface area contributed by atoms with Gasteiger partial charge in [-0.2, -0.15) is 0 Å². The first-order chi connectivity index (χ1) is 13.1. The fourth-order valence-corrected chi connectivity index (χ4v) is 3.48. The van der Waals surface area contributed by atoms with E-state index in [1.165, 1.54) is 21.4 Å². The Kier molecular flexibility index (Phi) is 6.74. The molecule has 5 heteroatoms. The number of hydrogen-bond acceptors (Lipinski definition) is 1. The summed E-state index contributed by atoms with van der Waals surface area (Å²) in [6.07, 6.45) is 4.39. The minimum absolute atomic E-state index is 0.123. The van der Waals surface area contributed by atoms with Crippen LogP contribution in [0.1, 0.15) is 12.5 Å². The average molecular weight is 369 g/mol. The zero-order valence-corrected chi connectivity index (χ0v) is 15.7. The van der Waals surface area contributed by atoms with Gasteiger partial charge in [-0.3, -0.25) is 4.79 Å². The molecule has 0 aliphatic carbocycles. The Balaban J connectivity index is 1.45. The van der Waals surface area contributed by atoms with Gasteiger partial charge in [0.05, 0.1) is 12.2 Å². The number of piperazine rings is 1. The first-order valence-corrected chi connectivity index (χ1v) is 9.58. The smallest absolute Gasteiger partial charge is 0.282 e. The van der Waals surface area contributed by atoms with E-state index in [4.69, 9.17) is 0 Å². The van der Waals surface area contributed by atoms with Crippen molar-refractivity contribution in [2.75, 3.05) is 38.0 Å². The van der Waals surface area contributed by atoms with Crippen LogP contribution < -0.4 is 15.1 Å². The molecule has 27 heavy (non-hydrogen) atoms. The van der Waals surface area contributed by atoms with E-state index >= 15 is 0 Å². The number of carbonyl (C=O) groups excluding carboxylic acids is 1. The van der Waals surface area contributed by atoms with Gasteiger partial charge >= 0.3 is 0 Å². The van der Waals surface area contributed by atoms with E-state index in [1.54, 1.807) is 18.2 Å². The number of para-hydroxylation sites is 1. The molecule has 1 saturated heterocycles. The molecule has 1 fully saturated rings. The maximum Gasteiger partial charge on any atom is 0.282 e. The monoisotopic (exact) mass is 369 g/mol. The van der Waals surface area contributed by atoms with Crippen LogP contribution in [0, 0.1) is 5.82 Å². The zero-order chi connectivity index (χ0) is 19.1. The van der Waals surface area contributed by atoms with Crippen molar-refractivity contribution in [3.8, 4) is 0 Å². The molecule has 4 nitrogen and oxygen atoms in total. The van der Waals surface area contributed by atoms with Gasteiger partial charge in [0.2, 0.25) is 0 Å². The molecular formula is C22H28FN3O+2. The highest BCUT2D eigenvalue weighted by Gasteiger charge is 2.30. The van der Waals surface area contributed by atoms with Gasteiger partial charge in [0, 0.05) is 0 Å². The van der Waals surface area contributed by atoms with Crippen LogP contribution in [0.15, 0.2) is 60.7 Å². The van der Waals surface area contributed by atoms with Gasteiger partial charge in [0.15, 0.2) is 6.04 Å². The molecule has 0 aromatic heterocycles. The number of hydrogen-bond donors (Lipinski definition) is 3. The van der Waals surface area contributed by atoms with Crippen LogP contribution in [0.3, 0.4) is 0 Å². The lowest BCUT2D eigenvalue weighted by molar-refractivity contribution is -1.02. The van der Waals surface area contributed by atoms with E-state index in [9.17, 15) is 9.18 Å². The Bertz CT molecular complexity index is 770. The number of quaternary nitrogens is 2. The summed E-state index contributed by atoms with van der Waals surface area (Å²) in [7, 11) is 0. The molecule has 3 rings (SSSR count). The van der Waals surface area contributed by atoms with Crippen molar-refractivity contribution < 1.29 is 19.0 Å².